The Morgan fingerprint density at radius 3 is 2.84 bits per heavy atom. The van der Waals surface area contributed by atoms with E-state index < -0.39 is 4.92 Å². The average molecular weight is 265 g/mol. The van der Waals surface area contributed by atoms with Crippen molar-refractivity contribution in [3.05, 3.63) is 28.1 Å². The first-order valence-electron chi connectivity index (χ1n) is 5.18. The van der Waals surface area contributed by atoms with Gasteiger partial charge in [-0.3, -0.25) is 15.5 Å². The van der Waals surface area contributed by atoms with Crippen LogP contribution < -0.4 is 16.0 Å². The topological polar surface area (TPSA) is 134 Å². The van der Waals surface area contributed by atoms with Crippen LogP contribution >= 0.6 is 0 Å². The van der Waals surface area contributed by atoms with Gasteiger partial charge in [-0.25, -0.2) is 15.5 Å². The summed E-state index contributed by atoms with van der Waals surface area (Å²) in [4.78, 5) is 17.7. The Hall–Kier alpha value is -2.75. The van der Waals surface area contributed by atoms with Gasteiger partial charge < -0.3 is 4.74 Å². The van der Waals surface area contributed by atoms with Crippen LogP contribution in [0, 0.1) is 17.0 Å². The van der Waals surface area contributed by atoms with Crippen molar-refractivity contribution in [1.29, 1.82) is 0 Å². The van der Waals surface area contributed by atoms with Crippen molar-refractivity contribution in [3.63, 3.8) is 0 Å². The first-order chi connectivity index (χ1) is 9.01. The zero-order valence-corrected chi connectivity index (χ0v) is 10.2. The Morgan fingerprint density at radius 1 is 1.58 bits per heavy atom. The highest BCUT2D eigenvalue weighted by Crippen LogP contribution is 2.29. The van der Waals surface area contributed by atoms with Gasteiger partial charge in [0, 0.05) is 13.1 Å². The first-order valence-corrected chi connectivity index (χ1v) is 5.18. The lowest BCUT2D eigenvalue weighted by Gasteiger charge is -2.06. The maximum Gasteiger partial charge on any atom is 0.349 e. The number of nitrogens with zero attached hydrogens (tertiary/aromatic N) is 5. The highest BCUT2D eigenvalue weighted by atomic mass is 16.6. The van der Waals surface area contributed by atoms with Gasteiger partial charge in [0.15, 0.2) is 0 Å². The highest BCUT2D eigenvalue weighted by molar-refractivity contribution is 5.44. The molecule has 2 aromatic heterocycles. The van der Waals surface area contributed by atoms with Crippen molar-refractivity contribution in [2.45, 2.75) is 6.92 Å². The van der Waals surface area contributed by atoms with E-state index in [1.165, 1.54) is 4.68 Å². The van der Waals surface area contributed by atoms with Crippen LogP contribution in [-0.4, -0.2) is 24.7 Å². The summed E-state index contributed by atoms with van der Waals surface area (Å²) in [6, 6.07) is 1.63. The number of rotatable bonds is 4. The molecule has 10 heteroatoms. The molecule has 0 spiro atoms. The van der Waals surface area contributed by atoms with Gasteiger partial charge in [0.25, 0.3) is 0 Å². The number of nitro groups is 1. The molecular weight excluding hydrogens is 254 g/mol. The molecule has 0 radical (unpaired) electrons. The fraction of sp³-hybridized carbons (Fsp3) is 0.222. The summed E-state index contributed by atoms with van der Waals surface area (Å²) < 4.78 is 6.82. The maximum atomic E-state index is 10.9. The van der Waals surface area contributed by atoms with Gasteiger partial charge in [-0.05, 0) is 6.92 Å². The fourth-order valence-electron chi connectivity index (χ4n) is 1.41. The molecule has 100 valence electrons. The minimum Gasteiger partial charge on any atom is -0.415 e. The molecule has 0 saturated carbocycles. The average Bonchev–Trinajstić information content (AvgIpc) is 2.67. The van der Waals surface area contributed by atoms with Crippen LogP contribution in [0.5, 0.6) is 11.8 Å². The number of nitrogens with two attached hydrogens (primary N) is 1. The Morgan fingerprint density at radius 2 is 2.32 bits per heavy atom. The van der Waals surface area contributed by atoms with E-state index in [4.69, 9.17) is 10.6 Å². The number of hydrazine groups is 1. The number of hydrogen-bond acceptors (Lipinski definition) is 8. The van der Waals surface area contributed by atoms with Crippen LogP contribution in [0.15, 0.2) is 12.3 Å². The minimum atomic E-state index is -0.640. The monoisotopic (exact) mass is 265 g/mol. The molecule has 0 amide bonds. The second kappa shape index (κ2) is 4.86. The lowest BCUT2D eigenvalue weighted by Crippen LogP contribution is -2.11. The highest BCUT2D eigenvalue weighted by Gasteiger charge is 2.20. The summed E-state index contributed by atoms with van der Waals surface area (Å²) >= 11 is 0. The van der Waals surface area contributed by atoms with E-state index in [2.05, 4.69) is 20.5 Å². The standard InChI is InChI=1S/C9H11N7O3/c1-5-3-7(15(2)14-5)19-8-6(16(17)18)4-11-9(12-8)13-10/h3-4H,10H2,1-2H3,(H,11,12,13). The Labute approximate surface area is 107 Å². The Balaban J connectivity index is 2.42. The van der Waals surface area contributed by atoms with Crippen LogP contribution in [0.4, 0.5) is 11.6 Å². The van der Waals surface area contributed by atoms with Crippen molar-refractivity contribution in [2.24, 2.45) is 12.9 Å². The van der Waals surface area contributed by atoms with Crippen LogP contribution in [0.2, 0.25) is 0 Å². The SMILES string of the molecule is Cc1cc(Oc2nc(NN)ncc2[N+](=O)[O-])n(C)n1. The minimum absolute atomic E-state index is 0.0134. The predicted octanol–water partition coefficient (Wildman–Crippen LogP) is 0.505. The fourth-order valence-corrected chi connectivity index (χ4v) is 1.41. The molecule has 0 fully saturated rings. The quantitative estimate of drug-likeness (QED) is 0.463. The summed E-state index contributed by atoms with van der Waals surface area (Å²) in [6.45, 7) is 1.77. The number of nitrogen functional groups attached to an aromatic ring is 1. The summed E-state index contributed by atoms with van der Waals surface area (Å²) in [5, 5.41) is 14.9. The van der Waals surface area contributed by atoms with Crippen molar-refractivity contribution in [1.82, 2.24) is 19.7 Å². The van der Waals surface area contributed by atoms with Crippen LogP contribution in [0.25, 0.3) is 0 Å². The zero-order valence-electron chi connectivity index (χ0n) is 10.2. The molecule has 2 aromatic rings. The van der Waals surface area contributed by atoms with Crippen molar-refractivity contribution >= 4 is 11.6 Å². The number of aryl methyl sites for hydroxylation is 2. The summed E-state index contributed by atoms with van der Waals surface area (Å²) in [5.41, 5.74) is 2.54. The molecule has 0 aliphatic rings. The van der Waals surface area contributed by atoms with Gasteiger partial charge in [-0.2, -0.15) is 10.1 Å². The number of anilines is 1. The van der Waals surface area contributed by atoms with Gasteiger partial charge in [-0.15, -0.1) is 0 Å². The van der Waals surface area contributed by atoms with Crippen molar-refractivity contribution in [3.8, 4) is 11.8 Å². The van der Waals surface area contributed by atoms with Gasteiger partial charge in [0.1, 0.15) is 6.20 Å². The first kappa shape index (κ1) is 12.7. The predicted molar refractivity (Wildman–Crippen MR) is 64.5 cm³/mol. The number of hydrogen-bond donors (Lipinski definition) is 2. The lowest BCUT2D eigenvalue weighted by atomic mass is 10.5. The molecule has 0 bridgehead atoms. The summed E-state index contributed by atoms with van der Waals surface area (Å²) in [5.74, 6) is 5.28. The second-order valence-electron chi connectivity index (χ2n) is 3.64. The van der Waals surface area contributed by atoms with Crippen molar-refractivity contribution in [2.75, 3.05) is 5.43 Å². The van der Waals surface area contributed by atoms with Crippen LogP contribution in [0.3, 0.4) is 0 Å². The van der Waals surface area contributed by atoms with E-state index in [1.54, 1.807) is 20.0 Å². The molecular formula is C9H11N7O3. The van der Waals surface area contributed by atoms with E-state index in [0.717, 1.165) is 6.20 Å². The number of ether oxygens (including phenoxy) is 1. The third-order valence-electron chi connectivity index (χ3n) is 2.22. The largest absolute Gasteiger partial charge is 0.415 e. The van der Waals surface area contributed by atoms with E-state index in [-0.39, 0.29) is 17.5 Å². The van der Waals surface area contributed by atoms with E-state index in [1.807, 2.05) is 0 Å². The van der Waals surface area contributed by atoms with Crippen molar-refractivity contribution < 1.29 is 9.66 Å². The lowest BCUT2D eigenvalue weighted by molar-refractivity contribution is -0.386. The summed E-state index contributed by atoms with van der Waals surface area (Å²) in [7, 11) is 1.65. The van der Waals surface area contributed by atoms with Gasteiger partial charge in [0.05, 0.1) is 10.6 Å². The molecule has 19 heavy (non-hydrogen) atoms. The molecule has 0 atom stereocenters. The van der Waals surface area contributed by atoms with Gasteiger partial charge in [0.2, 0.25) is 11.8 Å². The Bertz CT molecular complexity index is 624. The van der Waals surface area contributed by atoms with Gasteiger partial charge >= 0.3 is 11.6 Å². The molecule has 0 aliphatic heterocycles. The molecule has 0 saturated heterocycles. The third-order valence-corrected chi connectivity index (χ3v) is 2.22. The van der Waals surface area contributed by atoms with Gasteiger partial charge in [-0.1, -0.05) is 0 Å². The zero-order chi connectivity index (χ0) is 14.0. The second-order valence-corrected chi connectivity index (χ2v) is 3.64. The molecule has 10 nitrogen and oxygen atoms in total. The Kier molecular flexibility index (Phi) is 3.25. The molecule has 0 aromatic carbocycles. The van der Waals surface area contributed by atoms with E-state index in [9.17, 15) is 10.1 Å². The molecule has 0 unspecified atom stereocenters. The smallest absolute Gasteiger partial charge is 0.349 e. The van der Waals surface area contributed by atoms with E-state index >= 15 is 0 Å². The molecule has 0 aliphatic carbocycles. The molecule has 2 rings (SSSR count). The summed E-state index contributed by atoms with van der Waals surface area (Å²) in [6.07, 6.45) is 1.01. The van der Waals surface area contributed by atoms with Crippen LogP contribution in [0.1, 0.15) is 5.69 Å². The third kappa shape index (κ3) is 2.57. The molecule has 3 N–H and O–H groups in total. The van der Waals surface area contributed by atoms with E-state index in [0.29, 0.717) is 11.6 Å². The number of nitrogens with one attached hydrogen (secondary N) is 1. The number of aromatic nitrogens is 4. The van der Waals surface area contributed by atoms with Crippen LogP contribution in [-0.2, 0) is 7.05 Å². The maximum absolute atomic E-state index is 10.9. The normalized spacial score (nSPS) is 10.3. The molecule has 2 heterocycles.